The summed E-state index contributed by atoms with van der Waals surface area (Å²) in [5.74, 6) is -15.0. The number of rotatable bonds is 40. The summed E-state index contributed by atoms with van der Waals surface area (Å²) in [5, 5.41) is 59.4. The van der Waals surface area contributed by atoms with Gasteiger partial charge in [0.1, 0.15) is 66.2 Å². The summed E-state index contributed by atoms with van der Waals surface area (Å²) in [6, 6.07) is -2.20. The van der Waals surface area contributed by atoms with Gasteiger partial charge in [0.15, 0.2) is 5.96 Å². The highest BCUT2D eigenvalue weighted by Crippen LogP contribution is 2.27. The third-order valence-corrected chi connectivity index (χ3v) is 18.0. The van der Waals surface area contributed by atoms with E-state index >= 15 is 0 Å². The lowest BCUT2D eigenvalue weighted by atomic mass is 10.0. The molecule has 20 N–H and O–H groups in total. The summed E-state index contributed by atoms with van der Waals surface area (Å²) in [5.41, 5.74) is 23.4. The highest BCUT2D eigenvalue weighted by molar-refractivity contribution is 7.98. The van der Waals surface area contributed by atoms with Crippen molar-refractivity contribution in [2.45, 2.75) is 163 Å². The van der Waals surface area contributed by atoms with E-state index in [1.807, 2.05) is 6.26 Å². The number of amides is 12. The lowest BCUT2D eigenvalue weighted by molar-refractivity contribution is -0.149. The summed E-state index contributed by atoms with van der Waals surface area (Å²) in [6.07, 6.45) is 1.23. The van der Waals surface area contributed by atoms with Crippen molar-refractivity contribution in [3.05, 3.63) is 65.7 Å². The number of nitrogens with two attached hydrogens (primary N) is 4. The van der Waals surface area contributed by atoms with Crippen molar-refractivity contribution in [3.63, 3.8) is 0 Å². The summed E-state index contributed by atoms with van der Waals surface area (Å²) in [6.45, 7) is -0.885. The van der Waals surface area contributed by atoms with Crippen LogP contribution in [0.25, 0.3) is 0 Å². The number of thioether (sulfide) groups is 2. The molecule has 3 saturated heterocycles. The fourth-order valence-corrected chi connectivity index (χ4v) is 12.6. The Kier molecular flexibility index (Phi) is 32.6. The van der Waals surface area contributed by atoms with Crippen LogP contribution >= 0.6 is 23.5 Å². The molecule has 0 bridgehead atoms. The number of hydrogen-bond acceptors (Lipinski definition) is 20. The molecule has 2 aromatic rings. The number of carbonyl (C=O) groups excluding carboxylic acids is 12. The third-order valence-electron chi connectivity index (χ3n) is 16.7. The number of nitrogens with one attached hydrogen (secondary N) is 8. The second-order valence-electron chi connectivity index (χ2n) is 24.1. The molecule has 3 aliphatic heterocycles. The maximum absolute atomic E-state index is 14.7. The van der Waals surface area contributed by atoms with Crippen molar-refractivity contribution in [2.24, 2.45) is 27.9 Å². The SMILES string of the molecule is CSCC[C@H](NC(=O)[C@H](CCSC)NC(=O)CNC(=O)[C@H](Cc1ccc(O)cc1)NC(=O)[C@H](Cc1ccccc1)NC(=O)[C@H](CCCN=C(N)N)NC(=O)[C@H](CC(=O)O)NC(=O)[C@@H]1CCCN1C(=O)[C@H](CC(=O)O)NC(=O)[C@@H]1CCCN1C(=O)[C@@H]1CCCN1C(=O)[C@@H](N)CC(=O)O)C(N)=O. The first-order valence-corrected chi connectivity index (χ1v) is 35.2. The van der Waals surface area contributed by atoms with Crippen LogP contribution in [-0.4, -0.2) is 253 Å². The summed E-state index contributed by atoms with van der Waals surface area (Å²) in [4.78, 5) is 210. The molecule has 548 valence electrons. The van der Waals surface area contributed by atoms with Gasteiger partial charge in [-0.2, -0.15) is 23.5 Å². The van der Waals surface area contributed by atoms with E-state index in [9.17, 15) is 92.3 Å². The highest BCUT2D eigenvalue weighted by atomic mass is 32.2. The minimum atomic E-state index is -1.98. The van der Waals surface area contributed by atoms with Gasteiger partial charge in [-0.15, -0.1) is 0 Å². The Morgan fingerprint density at radius 3 is 1.51 bits per heavy atom. The van der Waals surface area contributed by atoms with E-state index < -0.39 is 181 Å². The van der Waals surface area contributed by atoms with Gasteiger partial charge in [-0.25, -0.2) is 0 Å². The van der Waals surface area contributed by atoms with Crippen LogP contribution in [0.5, 0.6) is 5.75 Å². The van der Waals surface area contributed by atoms with Crippen LogP contribution < -0.4 is 65.5 Å². The van der Waals surface area contributed by atoms with E-state index in [1.54, 1.807) is 36.6 Å². The molecule has 0 saturated carbocycles. The number of phenolic OH excluding ortho intramolecular Hbond substituents is 1. The second-order valence-corrected chi connectivity index (χ2v) is 26.1. The summed E-state index contributed by atoms with van der Waals surface area (Å²) in [7, 11) is 0. The monoisotopic (exact) mass is 1440 g/mol. The molecule has 0 aliphatic carbocycles. The zero-order chi connectivity index (χ0) is 73.8. The fraction of sp³-hybridized carbons (Fsp3) is 0.556. The van der Waals surface area contributed by atoms with Crippen molar-refractivity contribution < 1.29 is 92.3 Å². The van der Waals surface area contributed by atoms with Gasteiger partial charge in [0.2, 0.25) is 70.9 Å². The number of guanidine groups is 1. The van der Waals surface area contributed by atoms with E-state index in [0.717, 1.165) is 9.80 Å². The first-order valence-electron chi connectivity index (χ1n) is 32.4. The zero-order valence-corrected chi connectivity index (χ0v) is 57.1. The van der Waals surface area contributed by atoms with E-state index in [-0.39, 0.29) is 102 Å². The predicted octanol–water partition coefficient (Wildman–Crippen LogP) is -4.54. The largest absolute Gasteiger partial charge is 0.508 e. The molecule has 35 nitrogen and oxygen atoms in total. The van der Waals surface area contributed by atoms with Crippen LogP contribution in [0.2, 0.25) is 0 Å². The molecule has 0 radical (unpaired) electrons. The average Bonchev–Trinajstić information content (AvgIpc) is 1.62. The number of carboxylic acid groups (broad SMARTS) is 3. The Labute approximate surface area is 584 Å². The number of aliphatic carboxylic acids is 3. The number of hydrogen-bond donors (Lipinski definition) is 16. The predicted molar refractivity (Wildman–Crippen MR) is 363 cm³/mol. The van der Waals surface area contributed by atoms with Crippen LogP contribution in [0, 0.1) is 0 Å². The lowest BCUT2D eigenvalue weighted by Gasteiger charge is -2.33. The fourth-order valence-electron chi connectivity index (χ4n) is 11.6. The van der Waals surface area contributed by atoms with Crippen molar-refractivity contribution in [3.8, 4) is 5.75 Å². The van der Waals surface area contributed by atoms with Gasteiger partial charge in [0.25, 0.3) is 0 Å². The van der Waals surface area contributed by atoms with Gasteiger partial charge < -0.3 is 101 Å². The highest BCUT2D eigenvalue weighted by Gasteiger charge is 2.46. The van der Waals surface area contributed by atoms with Crippen molar-refractivity contribution in [1.29, 1.82) is 0 Å². The number of carboxylic acids is 3. The molecule has 37 heteroatoms. The first-order chi connectivity index (χ1) is 47.5. The standard InChI is InChI=1S/C63H90N16O19S2/c1-99-26-20-38(52(65)88)71-55(91)40(21-27-100-2)70-48(81)33-69-53(89)41(29-35-16-18-36(80)19-17-35)73-56(92)42(28-34-10-4-3-5-11-34)74-54(90)39(12-6-22-68-63(66)67)72-57(93)43(31-50(84)85)75-58(94)45-13-7-23-77(45)61(97)44(32-51(86)87)76-59(95)46-14-8-24-78(46)62(98)47-15-9-25-79(47)60(96)37(64)30-49(82)83/h3-5,10-11,16-19,37-47,80H,6-9,12-15,20-33,64H2,1-2H3,(H2,65,88)(H,69,89)(H,70,81)(H,71,91)(H,72,93)(H,73,92)(H,74,90)(H,75,94)(H,76,95)(H,82,83)(H,84,85)(H,86,87)(H4,66,67,68)/t37-,38-,39-,40-,41-,42-,43-,44-,45-,46-,47-/m0/s1. The minimum Gasteiger partial charge on any atom is -0.508 e. The molecule has 0 spiro atoms. The molecule has 2 aromatic carbocycles. The Morgan fingerprint density at radius 2 is 0.960 bits per heavy atom. The van der Waals surface area contributed by atoms with E-state index in [1.165, 1.54) is 52.7 Å². The maximum atomic E-state index is 14.7. The number of nitrogens with zero attached hydrogens (tertiary/aromatic N) is 4. The van der Waals surface area contributed by atoms with Crippen LogP contribution in [0.3, 0.4) is 0 Å². The molecule has 3 fully saturated rings. The molecule has 0 aromatic heterocycles. The number of primary amides is 1. The summed E-state index contributed by atoms with van der Waals surface area (Å²) >= 11 is 2.81. The van der Waals surface area contributed by atoms with Gasteiger partial charge in [-0.05, 0) is 111 Å². The number of benzene rings is 2. The van der Waals surface area contributed by atoms with Crippen molar-refractivity contribution in [2.75, 3.05) is 56.7 Å². The second kappa shape index (κ2) is 40.3. The van der Waals surface area contributed by atoms with Crippen LogP contribution in [0.4, 0.5) is 0 Å². The van der Waals surface area contributed by atoms with Gasteiger partial charge in [-0.1, -0.05) is 42.5 Å². The number of carbonyl (C=O) groups is 15. The molecule has 5 rings (SSSR count). The molecule has 3 aliphatic rings. The average molecular weight is 1440 g/mol. The minimum absolute atomic E-state index is 0.0347. The smallest absolute Gasteiger partial charge is 0.305 e. The molecule has 12 amide bonds. The Balaban J connectivity index is 1.35. The van der Waals surface area contributed by atoms with Crippen molar-refractivity contribution in [1.82, 2.24) is 57.2 Å². The van der Waals surface area contributed by atoms with E-state index in [0.29, 0.717) is 35.5 Å². The van der Waals surface area contributed by atoms with Gasteiger partial charge in [-0.3, -0.25) is 76.9 Å². The van der Waals surface area contributed by atoms with Gasteiger partial charge >= 0.3 is 17.9 Å². The van der Waals surface area contributed by atoms with Gasteiger partial charge in [0.05, 0.1) is 31.8 Å². The molecular formula is C63H90N16O19S2. The number of likely N-dealkylation sites (tertiary alicyclic amines) is 3. The Bertz CT molecular complexity index is 3290. The quantitative estimate of drug-likeness (QED) is 0.0170. The van der Waals surface area contributed by atoms with Crippen LogP contribution in [0.1, 0.15) is 94.6 Å². The normalized spacial score (nSPS) is 18.0. The number of aromatic hydroxyl groups is 1. The Morgan fingerprint density at radius 1 is 0.510 bits per heavy atom. The molecule has 11 atom stereocenters. The molecular weight excluding hydrogens is 1350 g/mol. The van der Waals surface area contributed by atoms with E-state index in [2.05, 4.69) is 47.5 Å². The summed E-state index contributed by atoms with van der Waals surface area (Å²) < 4.78 is 0. The van der Waals surface area contributed by atoms with Crippen LogP contribution in [-0.2, 0) is 84.8 Å². The zero-order valence-electron chi connectivity index (χ0n) is 55.4. The van der Waals surface area contributed by atoms with Crippen molar-refractivity contribution >= 4 is 118 Å². The molecule has 100 heavy (non-hydrogen) atoms. The number of aliphatic imine (C=N–C) groups is 1. The lowest BCUT2D eigenvalue weighted by Crippen LogP contribution is -2.60. The number of phenols is 1. The van der Waals surface area contributed by atoms with Gasteiger partial charge in [0, 0.05) is 39.0 Å². The Hall–Kier alpha value is -9.78. The molecule has 0 unspecified atom stereocenters. The van der Waals surface area contributed by atoms with E-state index in [4.69, 9.17) is 22.9 Å². The topological polar surface area (TPSA) is 559 Å². The third kappa shape index (κ3) is 25.5. The first kappa shape index (κ1) is 80.9. The molecule has 3 heterocycles. The van der Waals surface area contributed by atoms with Crippen LogP contribution in [0.15, 0.2) is 59.6 Å². The maximum Gasteiger partial charge on any atom is 0.305 e.